The van der Waals surface area contributed by atoms with Crippen LogP contribution in [0.25, 0.3) is 5.65 Å². The predicted octanol–water partition coefficient (Wildman–Crippen LogP) is 1.85. The maximum atomic E-state index is 9.05. The van der Waals surface area contributed by atoms with Gasteiger partial charge in [-0.15, -0.1) is 0 Å². The van der Waals surface area contributed by atoms with E-state index in [9.17, 15) is 0 Å². The van der Waals surface area contributed by atoms with Crippen molar-refractivity contribution in [3.8, 4) is 6.07 Å². The van der Waals surface area contributed by atoms with E-state index in [-0.39, 0.29) is 0 Å². The number of fused-ring (bicyclic) bond motifs is 1. The summed E-state index contributed by atoms with van der Waals surface area (Å²) in [6.07, 6.45) is 1.75. The number of hydrogen-bond acceptors (Lipinski definition) is 3. The Labute approximate surface area is 94.7 Å². The zero-order valence-electron chi connectivity index (χ0n) is 7.45. The number of aromatic nitrogens is 2. The van der Waals surface area contributed by atoms with Gasteiger partial charge in [0.05, 0.1) is 11.9 Å². The van der Waals surface area contributed by atoms with Crippen molar-refractivity contribution in [2.45, 2.75) is 0 Å². The number of nitrogens with zero attached hydrogens (tertiary/aromatic N) is 3. The predicted molar refractivity (Wildman–Crippen MR) is 62.2 cm³/mol. The van der Waals surface area contributed by atoms with Crippen LogP contribution in [0.5, 0.6) is 0 Å². The van der Waals surface area contributed by atoms with Gasteiger partial charge in [-0.05, 0) is 34.7 Å². The van der Waals surface area contributed by atoms with Crippen molar-refractivity contribution in [1.82, 2.24) is 9.38 Å². The van der Waals surface area contributed by atoms with Crippen molar-refractivity contribution < 1.29 is 0 Å². The quantitative estimate of drug-likeness (QED) is 0.818. The van der Waals surface area contributed by atoms with Gasteiger partial charge in [0, 0.05) is 7.05 Å². The zero-order chi connectivity index (χ0) is 10.1. The lowest BCUT2D eigenvalue weighted by Crippen LogP contribution is -2.00. The smallest absolute Gasteiger partial charge is 0.150 e. The summed E-state index contributed by atoms with van der Waals surface area (Å²) in [6.45, 7) is 0. The van der Waals surface area contributed by atoms with Crippen molar-refractivity contribution in [2.24, 2.45) is 0 Å². The molecular formula is C9H7IN4. The Kier molecular flexibility index (Phi) is 2.29. The Bertz CT molecular complexity index is 523. The fraction of sp³-hybridized carbons (Fsp3) is 0.111. The number of rotatable bonds is 1. The molecule has 0 radical (unpaired) electrons. The van der Waals surface area contributed by atoms with Crippen LogP contribution in [0.4, 0.5) is 5.69 Å². The maximum Gasteiger partial charge on any atom is 0.150 e. The Balaban J connectivity index is 2.90. The number of anilines is 1. The van der Waals surface area contributed by atoms with E-state index >= 15 is 0 Å². The molecule has 0 aliphatic heterocycles. The third kappa shape index (κ3) is 1.23. The van der Waals surface area contributed by atoms with Crippen molar-refractivity contribution in [3.63, 3.8) is 0 Å². The highest BCUT2D eigenvalue weighted by Gasteiger charge is 2.08. The second-order valence-electron chi connectivity index (χ2n) is 2.73. The summed E-state index contributed by atoms with van der Waals surface area (Å²) in [6, 6.07) is 5.91. The number of halogens is 1. The van der Waals surface area contributed by atoms with Crippen LogP contribution in [0.2, 0.25) is 0 Å². The van der Waals surface area contributed by atoms with Crippen LogP contribution in [0.3, 0.4) is 0 Å². The first-order valence-corrected chi connectivity index (χ1v) is 5.09. The largest absolute Gasteiger partial charge is 0.386 e. The summed E-state index contributed by atoms with van der Waals surface area (Å²) < 4.78 is 2.76. The molecule has 0 atom stereocenters. The summed E-state index contributed by atoms with van der Waals surface area (Å²) >= 11 is 2.16. The molecule has 0 spiro atoms. The molecule has 0 aromatic carbocycles. The molecule has 70 valence electrons. The normalized spacial score (nSPS) is 10.1. The lowest BCUT2D eigenvalue weighted by Gasteiger charge is -2.05. The number of imidazole rings is 1. The summed E-state index contributed by atoms with van der Waals surface area (Å²) in [5, 5.41) is 12.0. The minimum Gasteiger partial charge on any atom is -0.386 e. The van der Waals surface area contributed by atoms with E-state index in [1.807, 2.05) is 16.5 Å². The fourth-order valence-corrected chi connectivity index (χ4v) is 1.98. The van der Waals surface area contributed by atoms with E-state index in [1.165, 1.54) is 0 Å². The van der Waals surface area contributed by atoms with E-state index in [4.69, 9.17) is 5.26 Å². The highest BCUT2D eigenvalue weighted by atomic mass is 127. The molecule has 4 nitrogen and oxygen atoms in total. The molecule has 1 N–H and O–H groups in total. The topological polar surface area (TPSA) is 53.1 Å². The first-order valence-electron chi connectivity index (χ1n) is 4.01. The highest BCUT2D eigenvalue weighted by Crippen LogP contribution is 2.19. The number of nitrogens with one attached hydrogen (secondary N) is 1. The van der Waals surface area contributed by atoms with Crippen molar-refractivity contribution in [2.75, 3.05) is 12.4 Å². The van der Waals surface area contributed by atoms with Crippen LogP contribution in [0.15, 0.2) is 18.3 Å². The fourth-order valence-electron chi connectivity index (χ4n) is 1.35. The van der Waals surface area contributed by atoms with Gasteiger partial charge in [0.1, 0.15) is 21.1 Å². The van der Waals surface area contributed by atoms with E-state index in [1.54, 1.807) is 13.2 Å². The molecule has 0 bridgehead atoms. The molecule has 0 saturated carbocycles. The molecule has 0 unspecified atom stereocenters. The van der Waals surface area contributed by atoms with Crippen LogP contribution in [-0.2, 0) is 0 Å². The second kappa shape index (κ2) is 3.46. The Morgan fingerprint density at radius 1 is 1.57 bits per heavy atom. The SMILES string of the molecule is CNc1ccc2ncc(I)n2c1C#N. The Morgan fingerprint density at radius 3 is 3.00 bits per heavy atom. The first-order chi connectivity index (χ1) is 6.77. The van der Waals surface area contributed by atoms with E-state index in [2.05, 4.69) is 39.0 Å². The molecule has 2 aromatic rings. The molecule has 2 aromatic heterocycles. The molecule has 0 fully saturated rings. The van der Waals surface area contributed by atoms with Crippen LogP contribution in [0, 0.1) is 15.0 Å². The molecule has 14 heavy (non-hydrogen) atoms. The summed E-state index contributed by atoms with van der Waals surface area (Å²) in [7, 11) is 1.80. The molecule has 2 rings (SSSR count). The van der Waals surface area contributed by atoms with Gasteiger partial charge in [0.25, 0.3) is 0 Å². The minimum absolute atomic E-state index is 0.590. The van der Waals surface area contributed by atoms with Gasteiger partial charge in [-0.2, -0.15) is 5.26 Å². The van der Waals surface area contributed by atoms with Crippen molar-refractivity contribution in [1.29, 1.82) is 5.26 Å². The molecule has 0 aliphatic carbocycles. The summed E-state index contributed by atoms with van der Waals surface area (Å²) in [5.41, 5.74) is 2.20. The standard InChI is InChI=1S/C9H7IN4/c1-12-6-2-3-9-13-5-8(10)14(9)7(6)4-11/h2-3,5,12H,1H3. The molecular weight excluding hydrogens is 291 g/mol. The number of hydrogen-bond donors (Lipinski definition) is 1. The van der Waals surface area contributed by atoms with Crippen molar-refractivity contribution in [3.05, 3.63) is 27.7 Å². The first kappa shape index (κ1) is 9.27. The summed E-state index contributed by atoms with van der Waals surface area (Å²) in [5.74, 6) is 0. The van der Waals surface area contributed by atoms with E-state index in [0.29, 0.717) is 5.69 Å². The molecule has 0 aliphatic rings. The van der Waals surface area contributed by atoms with Crippen LogP contribution < -0.4 is 5.32 Å². The maximum absolute atomic E-state index is 9.05. The number of pyridine rings is 1. The van der Waals surface area contributed by atoms with Gasteiger partial charge in [0.15, 0.2) is 0 Å². The minimum atomic E-state index is 0.590. The Morgan fingerprint density at radius 2 is 2.36 bits per heavy atom. The third-order valence-corrected chi connectivity index (χ3v) is 2.76. The number of nitriles is 1. The highest BCUT2D eigenvalue weighted by molar-refractivity contribution is 14.1. The van der Waals surface area contributed by atoms with Gasteiger partial charge < -0.3 is 5.32 Å². The van der Waals surface area contributed by atoms with Gasteiger partial charge >= 0.3 is 0 Å². The van der Waals surface area contributed by atoms with Crippen molar-refractivity contribution >= 4 is 33.9 Å². The van der Waals surface area contributed by atoms with E-state index < -0.39 is 0 Å². The average Bonchev–Trinajstić information content (AvgIpc) is 2.59. The monoisotopic (exact) mass is 298 g/mol. The van der Waals surface area contributed by atoms with Gasteiger partial charge in [-0.1, -0.05) is 0 Å². The van der Waals surface area contributed by atoms with Crippen LogP contribution in [-0.4, -0.2) is 16.4 Å². The van der Waals surface area contributed by atoms with Gasteiger partial charge in [0.2, 0.25) is 0 Å². The second-order valence-corrected chi connectivity index (χ2v) is 3.84. The van der Waals surface area contributed by atoms with Crippen LogP contribution >= 0.6 is 22.6 Å². The average molecular weight is 298 g/mol. The van der Waals surface area contributed by atoms with Gasteiger partial charge in [-0.25, -0.2) is 4.98 Å². The lowest BCUT2D eigenvalue weighted by molar-refractivity contribution is 1.11. The zero-order valence-corrected chi connectivity index (χ0v) is 9.61. The molecule has 0 amide bonds. The molecule has 2 heterocycles. The third-order valence-electron chi connectivity index (χ3n) is 2.00. The van der Waals surface area contributed by atoms with Gasteiger partial charge in [-0.3, -0.25) is 4.40 Å². The molecule has 5 heteroatoms. The Hall–Kier alpha value is -1.29. The molecule has 0 saturated heterocycles. The lowest BCUT2D eigenvalue weighted by atomic mass is 10.3. The van der Waals surface area contributed by atoms with E-state index in [0.717, 1.165) is 15.0 Å². The van der Waals surface area contributed by atoms with Crippen LogP contribution in [0.1, 0.15) is 5.69 Å². The summed E-state index contributed by atoms with van der Waals surface area (Å²) in [4.78, 5) is 4.18.